The SMILES string of the molecule is CN(C)c1ccc2c(-c3c(Cl)cc(C(=O)NCc4ccc(C(=O)NCc5c6oc7cc(O)ccc7c(-c7cc(C(=O)O)ccc7C(=O)O)c-6ccc5=O)cc4)c(Cl)c3C(=O)O)c3ccc(=N)cc-3oc2c1. The average molecular weight is 992 g/mol. The van der Waals surface area contributed by atoms with Crippen molar-refractivity contribution in [2.75, 3.05) is 19.0 Å². The lowest BCUT2D eigenvalue weighted by Gasteiger charge is -2.21. The third-order valence-corrected chi connectivity index (χ3v) is 12.6. The first kappa shape index (κ1) is 47.1. The molecule has 0 atom stereocenters. The van der Waals surface area contributed by atoms with Gasteiger partial charge in [-0.05, 0) is 96.1 Å². The van der Waals surface area contributed by atoms with Crippen molar-refractivity contribution in [1.82, 2.24) is 10.6 Å². The van der Waals surface area contributed by atoms with Gasteiger partial charge >= 0.3 is 17.9 Å². The van der Waals surface area contributed by atoms with Gasteiger partial charge < -0.3 is 50.2 Å². The lowest BCUT2D eigenvalue weighted by Crippen LogP contribution is -2.27. The first-order valence-corrected chi connectivity index (χ1v) is 22.1. The van der Waals surface area contributed by atoms with Crippen LogP contribution in [-0.2, 0) is 13.1 Å². The smallest absolute Gasteiger partial charge is 0.337 e. The van der Waals surface area contributed by atoms with Crippen LogP contribution in [0.4, 0.5) is 5.69 Å². The van der Waals surface area contributed by atoms with Crippen LogP contribution in [0.3, 0.4) is 0 Å². The number of phenols is 1. The van der Waals surface area contributed by atoms with Gasteiger partial charge in [-0.2, -0.15) is 0 Å². The standard InChI is InChI=1S/C53H36Cl2N4O12/c1-59(2)28-9-13-33-41(19-28)70-40-18-27(56)8-12-32(40)44(33)45-38(54)21-36(47(55)46(45)53(68)69)50(63)57-22-24-3-5-25(6-4-24)49(62)58-23-37-39(61)16-15-34-43(31-14-10-29(60)20-42(31)71-48(34)37)35-17-26(51(64)65)7-11-30(35)52(66)67/h3-21,56,60H,22-23H2,1-2H3,(H,57,63)(H,58,62)(H,64,65)(H,66,67)(H,68,69). The maximum Gasteiger partial charge on any atom is 0.337 e. The van der Waals surface area contributed by atoms with Crippen molar-refractivity contribution in [2.45, 2.75) is 13.1 Å². The number of amides is 2. The van der Waals surface area contributed by atoms with E-state index in [1.54, 1.807) is 30.3 Å². The van der Waals surface area contributed by atoms with Crippen LogP contribution < -0.4 is 26.3 Å². The maximum absolute atomic E-state index is 13.7. The van der Waals surface area contributed by atoms with Gasteiger partial charge in [-0.3, -0.25) is 14.4 Å². The van der Waals surface area contributed by atoms with Gasteiger partial charge in [-0.15, -0.1) is 0 Å². The Balaban J connectivity index is 0.962. The summed E-state index contributed by atoms with van der Waals surface area (Å²) >= 11 is 13.7. The molecule has 2 aliphatic heterocycles. The second-order valence-corrected chi connectivity index (χ2v) is 17.3. The molecule has 0 bridgehead atoms. The summed E-state index contributed by atoms with van der Waals surface area (Å²) in [6.45, 7) is -0.448. The Bertz CT molecular complexity index is 3810. The number of nitrogens with one attached hydrogen (secondary N) is 3. The molecule has 2 amide bonds. The lowest BCUT2D eigenvalue weighted by atomic mass is 9.88. The van der Waals surface area contributed by atoms with Gasteiger partial charge in [-0.25, -0.2) is 14.4 Å². The number of carbonyl (C=O) groups is 5. The summed E-state index contributed by atoms with van der Waals surface area (Å²) in [6, 6.07) is 27.7. The molecular formula is C53H36Cl2N4O12. The first-order chi connectivity index (χ1) is 33.9. The maximum atomic E-state index is 13.7. The summed E-state index contributed by atoms with van der Waals surface area (Å²) in [5, 5.41) is 55.0. The molecule has 5 aromatic rings. The molecule has 4 aliphatic rings. The van der Waals surface area contributed by atoms with Gasteiger partial charge in [0.1, 0.15) is 28.4 Å². The predicted octanol–water partition coefficient (Wildman–Crippen LogP) is 9.60. The van der Waals surface area contributed by atoms with Crippen LogP contribution in [0.1, 0.15) is 62.9 Å². The van der Waals surface area contributed by atoms with Crippen LogP contribution >= 0.6 is 23.2 Å². The van der Waals surface area contributed by atoms with Crippen molar-refractivity contribution in [3.8, 4) is 50.7 Å². The number of anilines is 1. The van der Waals surface area contributed by atoms with Crippen molar-refractivity contribution >= 4 is 80.6 Å². The van der Waals surface area contributed by atoms with E-state index in [0.29, 0.717) is 38.8 Å². The highest BCUT2D eigenvalue weighted by Gasteiger charge is 2.30. The number of carbonyl (C=O) groups excluding carboxylic acids is 2. The fraction of sp³-hybridized carbons (Fsp3) is 0.0755. The number of halogens is 2. The summed E-state index contributed by atoms with van der Waals surface area (Å²) < 4.78 is 12.3. The molecule has 2 heterocycles. The Kier molecular flexibility index (Phi) is 12.3. The van der Waals surface area contributed by atoms with Crippen LogP contribution in [0.25, 0.3) is 66.8 Å². The third kappa shape index (κ3) is 8.73. The highest BCUT2D eigenvalue weighted by Crippen LogP contribution is 2.47. The zero-order valence-electron chi connectivity index (χ0n) is 37.1. The molecule has 9 rings (SSSR count). The van der Waals surface area contributed by atoms with E-state index in [-0.39, 0.29) is 95.7 Å². The minimum Gasteiger partial charge on any atom is -0.508 e. The number of carboxylic acids is 3. The topological polar surface area (TPSA) is 261 Å². The molecule has 71 heavy (non-hydrogen) atoms. The quantitative estimate of drug-likeness (QED) is 0.0563. The van der Waals surface area contributed by atoms with E-state index in [4.69, 9.17) is 37.4 Å². The Hall–Kier alpha value is -8.99. The summed E-state index contributed by atoms with van der Waals surface area (Å²) in [4.78, 5) is 80.0. The monoisotopic (exact) mass is 990 g/mol. The van der Waals surface area contributed by atoms with Crippen LogP contribution in [0.5, 0.6) is 5.75 Å². The average Bonchev–Trinajstić information content (AvgIpc) is 3.33. The molecule has 0 spiro atoms. The fourth-order valence-electron chi connectivity index (χ4n) is 8.49. The number of hydrogen-bond acceptors (Lipinski definition) is 11. The molecular weight excluding hydrogens is 956 g/mol. The van der Waals surface area contributed by atoms with Crippen molar-refractivity contribution in [3.05, 3.63) is 180 Å². The number of phenolic OH excluding ortho intramolecular Hbond substituents is 1. The lowest BCUT2D eigenvalue weighted by molar-refractivity contribution is 0.0682. The Morgan fingerprint density at radius 1 is 0.620 bits per heavy atom. The predicted molar refractivity (Wildman–Crippen MR) is 264 cm³/mol. The second-order valence-electron chi connectivity index (χ2n) is 16.5. The summed E-state index contributed by atoms with van der Waals surface area (Å²) in [6.07, 6.45) is 0. The molecule has 16 nitrogen and oxygen atoms in total. The van der Waals surface area contributed by atoms with Crippen molar-refractivity contribution in [3.63, 3.8) is 0 Å². The molecule has 0 fully saturated rings. The number of hydrogen-bond donors (Lipinski definition) is 7. The van der Waals surface area contributed by atoms with Gasteiger partial charge in [0.2, 0.25) is 0 Å². The molecule has 0 saturated carbocycles. The Labute approximate surface area is 410 Å². The van der Waals surface area contributed by atoms with Gasteiger partial charge in [0.05, 0.1) is 49.8 Å². The van der Waals surface area contributed by atoms with E-state index in [2.05, 4.69) is 10.6 Å². The Morgan fingerprint density at radius 3 is 2.00 bits per heavy atom. The molecule has 354 valence electrons. The molecule has 18 heteroatoms. The Morgan fingerprint density at radius 2 is 1.30 bits per heavy atom. The van der Waals surface area contributed by atoms with Crippen molar-refractivity contribution < 1.29 is 53.2 Å². The van der Waals surface area contributed by atoms with Gasteiger partial charge in [-0.1, -0.05) is 35.3 Å². The molecule has 0 radical (unpaired) electrons. The number of fused-ring (bicyclic) bond motifs is 4. The zero-order chi connectivity index (χ0) is 50.6. The largest absolute Gasteiger partial charge is 0.508 e. The van der Waals surface area contributed by atoms with E-state index in [1.165, 1.54) is 66.7 Å². The van der Waals surface area contributed by atoms with E-state index in [9.17, 15) is 49.2 Å². The van der Waals surface area contributed by atoms with E-state index in [0.717, 1.165) is 17.8 Å². The first-order valence-electron chi connectivity index (χ1n) is 21.4. The highest BCUT2D eigenvalue weighted by molar-refractivity contribution is 6.41. The molecule has 2 aliphatic carbocycles. The number of aromatic hydroxyl groups is 1. The molecule has 5 aromatic carbocycles. The number of carboxylic acid groups (broad SMARTS) is 3. The fourth-order valence-corrected chi connectivity index (χ4v) is 9.11. The summed E-state index contributed by atoms with van der Waals surface area (Å²) in [5.74, 6) is -5.39. The molecule has 0 aromatic heterocycles. The number of rotatable bonds is 12. The van der Waals surface area contributed by atoms with Crippen LogP contribution in [0.2, 0.25) is 10.0 Å². The number of benzene rings is 7. The van der Waals surface area contributed by atoms with Gasteiger partial charge in [0, 0.05) is 88.7 Å². The van der Waals surface area contributed by atoms with Gasteiger partial charge in [0.15, 0.2) is 5.43 Å². The minimum absolute atomic E-state index is 0.0140. The summed E-state index contributed by atoms with van der Waals surface area (Å²) in [7, 11) is 3.71. The van der Waals surface area contributed by atoms with Crippen LogP contribution in [0.15, 0.2) is 129 Å². The van der Waals surface area contributed by atoms with Crippen molar-refractivity contribution in [1.29, 1.82) is 5.41 Å². The highest BCUT2D eigenvalue weighted by atomic mass is 35.5. The number of nitrogens with zero attached hydrogens (tertiary/aromatic N) is 1. The zero-order valence-corrected chi connectivity index (χ0v) is 38.7. The second kappa shape index (κ2) is 18.5. The minimum atomic E-state index is -1.45. The van der Waals surface area contributed by atoms with Crippen molar-refractivity contribution in [2.24, 2.45) is 0 Å². The van der Waals surface area contributed by atoms with Gasteiger partial charge in [0.25, 0.3) is 11.8 Å². The normalized spacial score (nSPS) is 11.3. The number of aromatic carboxylic acids is 3. The van der Waals surface area contributed by atoms with E-state index < -0.39 is 40.7 Å². The summed E-state index contributed by atoms with van der Waals surface area (Å²) in [5.41, 5.74) is 1.68. The molecule has 0 unspecified atom stereocenters. The third-order valence-electron chi connectivity index (χ3n) is 11.9. The van der Waals surface area contributed by atoms with Crippen LogP contribution in [-0.4, -0.2) is 64.2 Å². The van der Waals surface area contributed by atoms with E-state index >= 15 is 0 Å². The van der Waals surface area contributed by atoms with Crippen LogP contribution in [0, 0.1) is 5.41 Å². The van der Waals surface area contributed by atoms with E-state index in [1.807, 2.05) is 25.1 Å². The molecule has 0 saturated heterocycles. The molecule has 7 N–H and O–H groups in total.